The van der Waals surface area contributed by atoms with Crippen LogP contribution in [0.25, 0.3) is 5.52 Å². The second-order valence-corrected chi connectivity index (χ2v) is 2.85. The molecule has 0 atom stereocenters. The van der Waals surface area contributed by atoms with Gasteiger partial charge in [-0.15, -0.1) is 0 Å². The van der Waals surface area contributed by atoms with Crippen molar-refractivity contribution in [2.45, 2.75) is 13.8 Å². The highest BCUT2D eigenvalue weighted by Crippen LogP contribution is 2.10. The van der Waals surface area contributed by atoms with E-state index < -0.39 is 0 Å². The molecule has 0 saturated heterocycles. The molecule has 4 nitrogen and oxygen atoms in total. The molecule has 0 aliphatic rings. The summed E-state index contributed by atoms with van der Waals surface area (Å²) in [5, 5.41) is 3.98. The van der Waals surface area contributed by atoms with Crippen molar-refractivity contribution in [2.75, 3.05) is 0 Å². The molecule has 0 aromatic carbocycles. The molecular formula is C8H9N3O. The minimum Gasteiger partial charge on any atom is -0.310 e. The molecule has 2 aromatic heterocycles. The van der Waals surface area contributed by atoms with E-state index >= 15 is 0 Å². The van der Waals surface area contributed by atoms with Crippen molar-refractivity contribution in [2.24, 2.45) is 0 Å². The van der Waals surface area contributed by atoms with Crippen molar-refractivity contribution >= 4 is 5.52 Å². The van der Waals surface area contributed by atoms with Crippen LogP contribution in [0.4, 0.5) is 0 Å². The number of hydrogen-bond donors (Lipinski definition) is 1. The molecule has 0 unspecified atom stereocenters. The van der Waals surface area contributed by atoms with E-state index in [4.69, 9.17) is 0 Å². The first-order valence-corrected chi connectivity index (χ1v) is 3.72. The van der Waals surface area contributed by atoms with Gasteiger partial charge in [-0.3, -0.25) is 4.79 Å². The van der Waals surface area contributed by atoms with Crippen molar-refractivity contribution in [3.05, 3.63) is 34.0 Å². The van der Waals surface area contributed by atoms with Crippen LogP contribution in [0.15, 0.2) is 17.3 Å². The highest BCUT2D eigenvalue weighted by atomic mass is 16.1. The predicted octanol–water partition coefficient (Wildman–Crippen LogP) is 0.639. The van der Waals surface area contributed by atoms with Gasteiger partial charge in [-0.2, -0.15) is 5.10 Å². The summed E-state index contributed by atoms with van der Waals surface area (Å²) >= 11 is 0. The third-order valence-electron chi connectivity index (χ3n) is 2.08. The number of aromatic amines is 1. The Bertz CT molecular complexity index is 480. The number of fused-ring (bicyclic) bond motifs is 1. The third kappa shape index (κ3) is 0.777. The van der Waals surface area contributed by atoms with Crippen LogP contribution in [0.2, 0.25) is 0 Å². The quantitative estimate of drug-likeness (QED) is 0.619. The van der Waals surface area contributed by atoms with Gasteiger partial charge in [0.25, 0.3) is 5.56 Å². The third-order valence-corrected chi connectivity index (χ3v) is 2.08. The first-order chi connectivity index (χ1) is 5.70. The maximum atomic E-state index is 11.3. The van der Waals surface area contributed by atoms with Crippen LogP contribution < -0.4 is 5.56 Å². The van der Waals surface area contributed by atoms with Gasteiger partial charge in [-0.05, 0) is 25.0 Å². The average Bonchev–Trinajstić information content (AvgIpc) is 2.29. The van der Waals surface area contributed by atoms with E-state index in [1.54, 1.807) is 4.52 Å². The summed E-state index contributed by atoms with van der Waals surface area (Å²) < 4.78 is 1.60. The first-order valence-electron chi connectivity index (χ1n) is 3.72. The predicted molar refractivity (Wildman–Crippen MR) is 45.3 cm³/mol. The van der Waals surface area contributed by atoms with Gasteiger partial charge >= 0.3 is 0 Å². The highest BCUT2D eigenvalue weighted by Gasteiger charge is 2.05. The number of aryl methyl sites for hydroxylation is 2. The van der Waals surface area contributed by atoms with Crippen molar-refractivity contribution in [3.8, 4) is 0 Å². The summed E-state index contributed by atoms with van der Waals surface area (Å²) in [5.41, 5.74) is 2.62. The van der Waals surface area contributed by atoms with E-state index in [-0.39, 0.29) is 5.56 Å². The summed E-state index contributed by atoms with van der Waals surface area (Å²) in [6.07, 6.45) is 3.24. The molecule has 0 saturated carbocycles. The standard InChI is InChI=1S/C8H9N3O/c1-5-3-11-7(6(5)2)8(12)9-4-10-11/h3-4H,1-2H3,(H,9,10,12). The lowest BCUT2D eigenvalue weighted by Gasteiger charge is -1.90. The van der Waals surface area contributed by atoms with E-state index in [2.05, 4.69) is 10.1 Å². The second-order valence-electron chi connectivity index (χ2n) is 2.85. The number of hydrogen-bond acceptors (Lipinski definition) is 2. The van der Waals surface area contributed by atoms with E-state index in [0.717, 1.165) is 11.1 Å². The molecule has 0 spiro atoms. The largest absolute Gasteiger partial charge is 0.310 e. The smallest absolute Gasteiger partial charge is 0.275 e. The molecule has 0 aliphatic carbocycles. The van der Waals surface area contributed by atoms with E-state index in [1.165, 1.54) is 6.33 Å². The number of nitrogens with one attached hydrogen (secondary N) is 1. The van der Waals surface area contributed by atoms with Gasteiger partial charge in [-0.25, -0.2) is 4.52 Å². The molecular weight excluding hydrogens is 154 g/mol. The Morgan fingerprint density at radius 1 is 1.50 bits per heavy atom. The topological polar surface area (TPSA) is 50.2 Å². The maximum absolute atomic E-state index is 11.3. The molecule has 2 heterocycles. The number of rotatable bonds is 0. The molecule has 4 heteroatoms. The molecule has 0 aliphatic heterocycles. The summed E-state index contributed by atoms with van der Waals surface area (Å²) in [6.45, 7) is 3.88. The van der Waals surface area contributed by atoms with Crippen LogP contribution in [-0.4, -0.2) is 14.6 Å². The fraction of sp³-hybridized carbons (Fsp3) is 0.250. The van der Waals surface area contributed by atoms with Gasteiger partial charge in [-0.1, -0.05) is 0 Å². The Morgan fingerprint density at radius 3 is 2.92 bits per heavy atom. The van der Waals surface area contributed by atoms with Crippen molar-refractivity contribution in [3.63, 3.8) is 0 Å². The Morgan fingerprint density at radius 2 is 2.25 bits per heavy atom. The fourth-order valence-corrected chi connectivity index (χ4v) is 1.29. The summed E-state index contributed by atoms with van der Waals surface area (Å²) in [4.78, 5) is 13.8. The highest BCUT2D eigenvalue weighted by molar-refractivity contribution is 5.55. The van der Waals surface area contributed by atoms with E-state index in [0.29, 0.717) is 5.52 Å². The molecule has 0 bridgehead atoms. The summed E-state index contributed by atoms with van der Waals surface area (Å²) in [6, 6.07) is 0. The number of nitrogens with zero attached hydrogens (tertiary/aromatic N) is 2. The lowest BCUT2D eigenvalue weighted by molar-refractivity contribution is 0.886. The summed E-state index contributed by atoms with van der Waals surface area (Å²) in [7, 11) is 0. The number of H-pyrrole nitrogens is 1. The Balaban J connectivity index is 3.07. The van der Waals surface area contributed by atoms with Crippen LogP contribution >= 0.6 is 0 Å². The molecule has 2 rings (SSSR count). The average molecular weight is 163 g/mol. The zero-order valence-electron chi connectivity index (χ0n) is 6.96. The van der Waals surface area contributed by atoms with E-state index in [1.807, 2.05) is 20.0 Å². The minimum atomic E-state index is -0.0874. The molecule has 0 radical (unpaired) electrons. The van der Waals surface area contributed by atoms with Crippen molar-refractivity contribution in [1.29, 1.82) is 0 Å². The number of aromatic nitrogens is 3. The maximum Gasteiger partial charge on any atom is 0.275 e. The van der Waals surface area contributed by atoms with Crippen LogP contribution in [0.5, 0.6) is 0 Å². The lowest BCUT2D eigenvalue weighted by Crippen LogP contribution is -2.10. The zero-order valence-corrected chi connectivity index (χ0v) is 6.96. The Kier molecular flexibility index (Phi) is 1.30. The van der Waals surface area contributed by atoms with Crippen LogP contribution in [0, 0.1) is 13.8 Å². The van der Waals surface area contributed by atoms with Gasteiger partial charge in [0.2, 0.25) is 0 Å². The van der Waals surface area contributed by atoms with Crippen LogP contribution in [0.1, 0.15) is 11.1 Å². The molecule has 1 N–H and O–H groups in total. The van der Waals surface area contributed by atoms with Gasteiger partial charge in [0.15, 0.2) is 0 Å². The molecule has 12 heavy (non-hydrogen) atoms. The molecule has 0 amide bonds. The monoisotopic (exact) mass is 163 g/mol. The van der Waals surface area contributed by atoms with Gasteiger partial charge in [0, 0.05) is 6.20 Å². The van der Waals surface area contributed by atoms with Crippen LogP contribution in [-0.2, 0) is 0 Å². The lowest BCUT2D eigenvalue weighted by atomic mass is 10.2. The van der Waals surface area contributed by atoms with Gasteiger partial charge in [0.05, 0.1) is 0 Å². The Hall–Kier alpha value is -1.58. The van der Waals surface area contributed by atoms with E-state index in [9.17, 15) is 4.79 Å². The zero-order chi connectivity index (χ0) is 8.72. The SMILES string of the molecule is Cc1cn2nc[nH]c(=O)c2c1C. The van der Waals surface area contributed by atoms with Crippen LogP contribution in [0.3, 0.4) is 0 Å². The Labute approximate surface area is 68.8 Å². The second kappa shape index (κ2) is 2.20. The fourth-order valence-electron chi connectivity index (χ4n) is 1.29. The van der Waals surface area contributed by atoms with Gasteiger partial charge in [0.1, 0.15) is 11.8 Å². The molecule has 62 valence electrons. The minimum absolute atomic E-state index is 0.0874. The van der Waals surface area contributed by atoms with Gasteiger partial charge < -0.3 is 4.98 Å². The first kappa shape index (κ1) is 7.09. The van der Waals surface area contributed by atoms with Crippen molar-refractivity contribution in [1.82, 2.24) is 14.6 Å². The molecule has 2 aromatic rings. The van der Waals surface area contributed by atoms with Crippen molar-refractivity contribution < 1.29 is 0 Å². The summed E-state index contributed by atoms with van der Waals surface area (Å²) in [5.74, 6) is 0. The molecule has 0 fully saturated rings. The normalized spacial score (nSPS) is 10.8.